The van der Waals surface area contributed by atoms with Gasteiger partial charge in [-0.25, -0.2) is 9.78 Å². The van der Waals surface area contributed by atoms with Gasteiger partial charge in [-0.2, -0.15) is 0 Å². The Hall–Kier alpha value is -2.32. The van der Waals surface area contributed by atoms with E-state index in [1.54, 1.807) is 0 Å². The fraction of sp³-hybridized carbons (Fsp3) is 0.615. The molecule has 2 aliphatic heterocycles. The minimum Gasteiger partial charge on any atom is -0.444 e. The summed E-state index contributed by atoms with van der Waals surface area (Å²) in [4.78, 5) is 23.1. The van der Waals surface area contributed by atoms with Crippen molar-refractivity contribution in [3.8, 4) is 11.3 Å². The molecule has 34 heavy (non-hydrogen) atoms. The van der Waals surface area contributed by atoms with Gasteiger partial charge in [0.15, 0.2) is 0 Å². The van der Waals surface area contributed by atoms with Crippen LogP contribution in [-0.4, -0.2) is 50.9 Å². The molecule has 2 unspecified atom stereocenters. The summed E-state index contributed by atoms with van der Waals surface area (Å²) in [6.07, 6.45) is 4.79. The number of H-pyrrole nitrogens is 1. The van der Waals surface area contributed by atoms with Crippen LogP contribution in [0.2, 0.25) is 0 Å². The quantitative estimate of drug-likeness (QED) is 0.657. The van der Waals surface area contributed by atoms with Crippen LogP contribution in [0.3, 0.4) is 0 Å². The molecule has 3 heterocycles. The number of nitrogens with one attached hydrogen (secondary N) is 1. The molecule has 1 saturated carbocycles. The zero-order valence-electron chi connectivity index (χ0n) is 21.3. The molecule has 0 spiro atoms. The van der Waals surface area contributed by atoms with E-state index >= 15 is 0 Å². The summed E-state index contributed by atoms with van der Waals surface area (Å²) in [5.74, 6) is 1.25. The maximum Gasteiger partial charge on any atom is 0.494 e. The van der Waals surface area contributed by atoms with E-state index in [2.05, 4.69) is 44.8 Å². The standard InChI is InChI=1S/C26H36BN3O4/c1-24(2,3)32-23(31)30-19-13-10-17(14-19)21(30)22-28-15-20(29-22)16-8-11-18(12-9-16)27-33-25(4,5)26(6,7)34-27/h8-9,11-12,15,17,19,21H,10,13-14H2,1-7H3,(H,28,29)/t17?,19?,21-/m0/s1. The molecule has 8 heteroatoms. The second-order valence-corrected chi connectivity index (χ2v) is 12.0. The van der Waals surface area contributed by atoms with Gasteiger partial charge in [0.25, 0.3) is 0 Å². The molecule has 2 saturated heterocycles. The second-order valence-electron chi connectivity index (χ2n) is 12.0. The van der Waals surface area contributed by atoms with Crippen LogP contribution < -0.4 is 5.46 Å². The molecule has 1 aromatic heterocycles. The van der Waals surface area contributed by atoms with Crippen molar-refractivity contribution in [1.29, 1.82) is 0 Å². The third-order valence-corrected chi connectivity index (χ3v) is 7.81. The number of piperidine rings is 1. The molecule has 2 bridgehead atoms. The fourth-order valence-corrected chi connectivity index (χ4v) is 5.35. The van der Waals surface area contributed by atoms with Crippen molar-refractivity contribution in [2.45, 2.75) is 96.6 Å². The highest BCUT2D eigenvalue weighted by molar-refractivity contribution is 6.62. The number of carbonyl (C=O) groups excluding carboxylic acids is 1. The van der Waals surface area contributed by atoms with Gasteiger partial charge in [0, 0.05) is 6.04 Å². The van der Waals surface area contributed by atoms with Crippen LogP contribution in [0.15, 0.2) is 30.5 Å². The average molecular weight is 465 g/mol. The van der Waals surface area contributed by atoms with E-state index < -0.39 is 5.60 Å². The smallest absolute Gasteiger partial charge is 0.444 e. The molecule has 3 fully saturated rings. The number of amides is 1. The molecule has 1 aromatic carbocycles. The number of nitrogens with zero attached hydrogens (tertiary/aromatic N) is 2. The largest absolute Gasteiger partial charge is 0.494 e. The molecule has 5 rings (SSSR count). The van der Waals surface area contributed by atoms with Gasteiger partial charge in [-0.3, -0.25) is 4.90 Å². The van der Waals surface area contributed by atoms with Crippen LogP contribution in [0.4, 0.5) is 4.79 Å². The van der Waals surface area contributed by atoms with Crippen LogP contribution in [0.1, 0.15) is 79.6 Å². The highest BCUT2D eigenvalue weighted by Gasteiger charge is 2.52. The number of imidazole rings is 1. The van der Waals surface area contributed by atoms with Gasteiger partial charge >= 0.3 is 13.2 Å². The van der Waals surface area contributed by atoms with Crippen molar-refractivity contribution in [3.05, 3.63) is 36.3 Å². The van der Waals surface area contributed by atoms with E-state index in [9.17, 15) is 4.79 Å². The van der Waals surface area contributed by atoms with Crippen molar-refractivity contribution >= 4 is 18.7 Å². The number of ether oxygens (including phenoxy) is 1. The Morgan fingerprint density at radius 2 is 1.76 bits per heavy atom. The Kier molecular flexibility index (Phi) is 5.41. The minimum absolute atomic E-state index is 0.0635. The lowest BCUT2D eigenvalue weighted by atomic mass is 9.79. The van der Waals surface area contributed by atoms with Crippen LogP contribution in [0, 0.1) is 5.92 Å². The van der Waals surface area contributed by atoms with E-state index in [4.69, 9.17) is 19.0 Å². The molecular formula is C26H36BN3O4. The molecule has 1 N–H and O–H groups in total. The number of benzene rings is 1. The second kappa shape index (κ2) is 7.85. The Morgan fingerprint density at radius 1 is 1.12 bits per heavy atom. The Morgan fingerprint density at radius 3 is 2.38 bits per heavy atom. The first-order valence-electron chi connectivity index (χ1n) is 12.4. The number of hydrogen-bond acceptors (Lipinski definition) is 5. The van der Waals surface area contributed by atoms with Gasteiger partial charge in [-0.15, -0.1) is 0 Å². The predicted octanol–water partition coefficient (Wildman–Crippen LogP) is 4.84. The first kappa shape index (κ1) is 23.4. The van der Waals surface area contributed by atoms with Gasteiger partial charge in [-0.1, -0.05) is 24.3 Å². The summed E-state index contributed by atoms with van der Waals surface area (Å²) < 4.78 is 18.1. The molecule has 0 radical (unpaired) electrons. The molecule has 3 aliphatic rings. The highest BCUT2D eigenvalue weighted by Crippen LogP contribution is 2.50. The van der Waals surface area contributed by atoms with E-state index in [1.165, 1.54) is 0 Å². The van der Waals surface area contributed by atoms with Crippen molar-refractivity contribution in [1.82, 2.24) is 14.9 Å². The third-order valence-electron chi connectivity index (χ3n) is 7.81. The molecule has 7 nitrogen and oxygen atoms in total. The monoisotopic (exact) mass is 465 g/mol. The summed E-state index contributed by atoms with van der Waals surface area (Å²) in [5, 5.41) is 0. The van der Waals surface area contributed by atoms with Crippen molar-refractivity contribution in [2.75, 3.05) is 0 Å². The molecular weight excluding hydrogens is 429 g/mol. The lowest BCUT2D eigenvalue weighted by Crippen LogP contribution is -2.43. The molecule has 2 aromatic rings. The summed E-state index contributed by atoms with van der Waals surface area (Å²) >= 11 is 0. The van der Waals surface area contributed by atoms with Gasteiger partial charge in [-0.05, 0) is 84.7 Å². The normalized spacial score (nSPS) is 27.4. The van der Waals surface area contributed by atoms with Crippen molar-refractivity contribution < 1.29 is 18.8 Å². The first-order valence-corrected chi connectivity index (χ1v) is 12.4. The number of aromatic nitrogens is 2. The number of hydrogen-bond donors (Lipinski definition) is 1. The van der Waals surface area contributed by atoms with Crippen molar-refractivity contribution in [3.63, 3.8) is 0 Å². The predicted molar refractivity (Wildman–Crippen MR) is 132 cm³/mol. The lowest BCUT2D eigenvalue weighted by molar-refractivity contribution is 0.00578. The first-order chi connectivity index (χ1) is 15.8. The van der Waals surface area contributed by atoms with Gasteiger partial charge in [0.05, 0.1) is 29.1 Å². The van der Waals surface area contributed by atoms with Crippen LogP contribution >= 0.6 is 0 Å². The van der Waals surface area contributed by atoms with Crippen LogP contribution in [-0.2, 0) is 14.0 Å². The zero-order chi connectivity index (χ0) is 24.5. The number of fused-ring (bicyclic) bond motifs is 2. The van der Waals surface area contributed by atoms with Gasteiger partial charge in [0.1, 0.15) is 11.4 Å². The topological polar surface area (TPSA) is 76.7 Å². The summed E-state index contributed by atoms with van der Waals surface area (Å²) in [5.41, 5.74) is 1.71. The molecule has 182 valence electrons. The summed E-state index contributed by atoms with van der Waals surface area (Å²) in [6.45, 7) is 14.0. The minimum atomic E-state index is -0.517. The summed E-state index contributed by atoms with van der Waals surface area (Å²) in [6, 6.07) is 8.38. The maximum atomic E-state index is 13.0. The fourth-order valence-electron chi connectivity index (χ4n) is 5.35. The summed E-state index contributed by atoms with van der Waals surface area (Å²) in [7, 11) is -0.382. The number of aromatic amines is 1. The molecule has 3 atom stereocenters. The lowest BCUT2D eigenvalue weighted by Gasteiger charge is -2.35. The average Bonchev–Trinajstić information content (AvgIpc) is 3.49. The highest BCUT2D eigenvalue weighted by atomic mass is 16.7. The van der Waals surface area contributed by atoms with Gasteiger partial charge in [0.2, 0.25) is 0 Å². The number of likely N-dealkylation sites (tertiary alicyclic amines) is 1. The number of rotatable bonds is 3. The maximum absolute atomic E-state index is 13.0. The van der Waals surface area contributed by atoms with E-state index in [0.717, 1.165) is 41.8 Å². The van der Waals surface area contributed by atoms with Crippen LogP contribution in [0.5, 0.6) is 0 Å². The van der Waals surface area contributed by atoms with E-state index in [1.807, 2.05) is 44.0 Å². The van der Waals surface area contributed by atoms with E-state index in [0.29, 0.717) is 5.92 Å². The molecule has 1 aliphatic carbocycles. The van der Waals surface area contributed by atoms with Crippen LogP contribution in [0.25, 0.3) is 11.3 Å². The van der Waals surface area contributed by atoms with Crippen molar-refractivity contribution in [2.24, 2.45) is 5.92 Å². The Balaban J connectivity index is 1.34. The Bertz CT molecular complexity index is 1060. The Labute approximate surface area is 202 Å². The zero-order valence-corrected chi connectivity index (χ0v) is 21.3. The number of carbonyl (C=O) groups is 1. The SMILES string of the molecule is CC(C)(C)OC(=O)N1C2CCC(C2)[C@H]1c1ncc(-c2ccc(B3OC(C)(C)C(C)(C)O3)cc2)[nH]1. The third kappa shape index (κ3) is 4.05. The van der Waals surface area contributed by atoms with E-state index in [-0.39, 0.29) is 36.5 Å². The van der Waals surface area contributed by atoms with Gasteiger partial charge < -0.3 is 19.0 Å². The molecule has 1 amide bonds.